The minimum absolute atomic E-state index is 0.106. The van der Waals surface area contributed by atoms with E-state index in [0.717, 1.165) is 18.4 Å². The molecule has 6 nitrogen and oxygen atoms in total. The van der Waals surface area contributed by atoms with Crippen LogP contribution in [0.2, 0.25) is 0 Å². The molecule has 2 aliphatic carbocycles. The van der Waals surface area contributed by atoms with E-state index in [0.29, 0.717) is 12.8 Å². The molecule has 0 aliphatic heterocycles. The van der Waals surface area contributed by atoms with Crippen molar-refractivity contribution in [2.45, 2.75) is 74.0 Å². The first-order chi connectivity index (χ1) is 15.8. The Bertz CT molecular complexity index is 1120. The highest BCUT2D eigenvalue weighted by Crippen LogP contribution is 2.41. The third-order valence-corrected chi connectivity index (χ3v) is 9.43. The Labute approximate surface area is 195 Å². The summed E-state index contributed by atoms with van der Waals surface area (Å²) in [6.45, 7) is 1.39. The number of ether oxygens (including phenoxy) is 1. The molecule has 2 aliphatic rings. The van der Waals surface area contributed by atoms with Crippen LogP contribution >= 0.6 is 0 Å². The molecule has 0 heterocycles. The summed E-state index contributed by atoms with van der Waals surface area (Å²) in [6.07, 6.45) is 6.21. The van der Waals surface area contributed by atoms with Gasteiger partial charge in [0.2, 0.25) is 0 Å². The maximum atomic E-state index is 13.3. The number of hydrogen-bond acceptors (Lipinski definition) is 5. The number of hydrogen-bond donors (Lipinski definition) is 1. The number of rotatable bonds is 7. The van der Waals surface area contributed by atoms with Crippen LogP contribution in [0.5, 0.6) is 0 Å². The quantitative estimate of drug-likeness (QED) is 0.618. The number of amides is 1. The van der Waals surface area contributed by atoms with E-state index in [-0.39, 0.29) is 23.8 Å². The van der Waals surface area contributed by atoms with Gasteiger partial charge in [0.15, 0.2) is 21.2 Å². The van der Waals surface area contributed by atoms with Crippen molar-refractivity contribution < 1.29 is 22.7 Å². The molecule has 0 bridgehead atoms. The van der Waals surface area contributed by atoms with Crippen molar-refractivity contribution in [2.75, 3.05) is 6.61 Å². The van der Waals surface area contributed by atoms with Crippen LogP contribution in [0.3, 0.4) is 0 Å². The zero-order valence-corrected chi connectivity index (χ0v) is 19.8. The molecule has 1 amide bonds. The Balaban J connectivity index is 1.40. The molecule has 1 fully saturated rings. The smallest absolute Gasteiger partial charge is 0.328 e. The molecule has 176 valence electrons. The van der Waals surface area contributed by atoms with Gasteiger partial charge in [-0.15, -0.1) is 0 Å². The first-order valence-electron chi connectivity index (χ1n) is 11.7. The van der Waals surface area contributed by atoms with Gasteiger partial charge in [-0.1, -0.05) is 49.2 Å². The normalized spacial score (nSPS) is 18.2. The van der Waals surface area contributed by atoms with Crippen LogP contribution in [0.15, 0.2) is 53.4 Å². The fraction of sp³-hybridized carbons (Fsp3) is 0.462. The summed E-state index contributed by atoms with van der Waals surface area (Å²) in [6, 6.07) is 14.1. The van der Waals surface area contributed by atoms with Gasteiger partial charge in [-0.25, -0.2) is 8.42 Å². The second-order valence-electron chi connectivity index (χ2n) is 9.12. The zero-order chi connectivity index (χ0) is 23.5. The minimum atomic E-state index is -3.93. The van der Waals surface area contributed by atoms with Crippen LogP contribution in [0.25, 0.3) is 0 Å². The number of nitrogens with one attached hydrogen (secondary N) is 1. The van der Waals surface area contributed by atoms with Crippen molar-refractivity contribution in [3.8, 4) is 0 Å². The van der Waals surface area contributed by atoms with E-state index in [1.807, 2.05) is 13.0 Å². The lowest BCUT2D eigenvalue weighted by molar-refractivity contribution is -0.151. The molecule has 7 heteroatoms. The lowest BCUT2D eigenvalue weighted by Crippen LogP contribution is -2.46. The zero-order valence-electron chi connectivity index (χ0n) is 19.0. The van der Waals surface area contributed by atoms with E-state index < -0.39 is 33.1 Å². The van der Waals surface area contributed by atoms with Gasteiger partial charge in [-0.3, -0.25) is 9.59 Å². The first-order valence-corrected chi connectivity index (χ1v) is 13.2. The number of sulfone groups is 1. The monoisotopic (exact) mass is 469 g/mol. The van der Waals surface area contributed by atoms with E-state index in [9.17, 15) is 18.0 Å². The van der Waals surface area contributed by atoms with Crippen LogP contribution in [0.4, 0.5) is 0 Å². The lowest BCUT2D eigenvalue weighted by atomic mass is 9.89. The molecule has 1 atom stereocenters. The summed E-state index contributed by atoms with van der Waals surface area (Å²) in [5, 5.41) is 2.87. The molecule has 0 saturated heterocycles. The van der Waals surface area contributed by atoms with Crippen molar-refractivity contribution in [2.24, 2.45) is 0 Å². The predicted octanol–water partition coefficient (Wildman–Crippen LogP) is 4.07. The number of benzene rings is 2. The Morgan fingerprint density at radius 2 is 1.64 bits per heavy atom. The average Bonchev–Trinajstić information content (AvgIpc) is 3.35. The largest absolute Gasteiger partial charge is 0.454 e. The van der Waals surface area contributed by atoms with Crippen molar-refractivity contribution >= 4 is 21.7 Å². The highest BCUT2D eigenvalue weighted by atomic mass is 32.2. The third kappa shape index (κ3) is 4.69. The van der Waals surface area contributed by atoms with Crippen LogP contribution in [-0.4, -0.2) is 31.6 Å². The van der Waals surface area contributed by atoms with Crippen molar-refractivity contribution in [1.29, 1.82) is 0 Å². The fourth-order valence-corrected chi connectivity index (χ4v) is 7.08. The van der Waals surface area contributed by atoms with Gasteiger partial charge in [0.05, 0.1) is 10.9 Å². The Kier molecular flexibility index (Phi) is 6.88. The number of aryl methyl sites for hydroxylation is 2. The van der Waals surface area contributed by atoms with Crippen LogP contribution in [-0.2, 0) is 37.0 Å². The Morgan fingerprint density at radius 1 is 0.970 bits per heavy atom. The van der Waals surface area contributed by atoms with Gasteiger partial charge in [0, 0.05) is 0 Å². The molecule has 33 heavy (non-hydrogen) atoms. The van der Waals surface area contributed by atoms with Gasteiger partial charge < -0.3 is 10.1 Å². The average molecular weight is 470 g/mol. The van der Waals surface area contributed by atoms with Crippen LogP contribution in [0, 0.1) is 0 Å². The van der Waals surface area contributed by atoms with E-state index >= 15 is 0 Å². The van der Waals surface area contributed by atoms with Crippen LogP contribution < -0.4 is 5.32 Å². The third-order valence-electron chi connectivity index (χ3n) is 6.94. The number of fused-ring (bicyclic) bond motifs is 1. The number of esters is 1. The summed E-state index contributed by atoms with van der Waals surface area (Å²) in [5.74, 6) is -1.28. The van der Waals surface area contributed by atoms with Crippen molar-refractivity contribution in [1.82, 2.24) is 5.32 Å². The number of carbonyl (C=O) groups excluding carboxylic acids is 2. The second-order valence-corrected chi connectivity index (χ2v) is 11.4. The SMILES string of the molecule is CC(NC(=O)COC(=O)C1(S(=O)(=O)c2ccccc2)CCCC1)c1ccc2c(c1)CCCC2. The fourth-order valence-electron chi connectivity index (χ4n) is 5.01. The second kappa shape index (κ2) is 9.67. The Hall–Kier alpha value is -2.67. The topological polar surface area (TPSA) is 89.5 Å². The molecule has 0 aromatic heterocycles. The predicted molar refractivity (Wildman–Crippen MR) is 125 cm³/mol. The molecule has 2 aromatic rings. The molecule has 0 radical (unpaired) electrons. The van der Waals surface area contributed by atoms with Crippen molar-refractivity contribution in [3.63, 3.8) is 0 Å². The van der Waals surface area contributed by atoms with E-state index in [2.05, 4.69) is 17.4 Å². The van der Waals surface area contributed by atoms with Gasteiger partial charge in [-0.05, 0) is 74.3 Å². The standard InChI is InChI=1S/C26H31NO5S/c1-19(21-14-13-20-9-5-6-10-22(20)17-21)27-24(28)18-32-25(29)26(15-7-8-16-26)33(30,31)23-11-3-2-4-12-23/h2-4,11-14,17,19H,5-10,15-16,18H2,1H3,(H,27,28). The summed E-state index contributed by atoms with van der Waals surface area (Å²) in [4.78, 5) is 25.7. The first kappa shape index (κ1) is 23.5. The van der Waals surface area contributed by atoms with Crippen molar-refractivity contribution in [3.05, 3.63) is 65.2 Å². The summed E-state index contributed by atoms with van der Waals surface area (Å²) in [5.41, 5.74) is 3.72. The molecular formula is C26H31NO5S. The van der Waals surface area contributed by atoms with E-state index in [1.54, 1.807) is 18.2 Å². The molecular weight excluding hydrogens is 438 g/mol. The molecule has 1 saturated carbocycles. The number of carbonyl (C=O) groups is 2. The maximum Gasteiger partial charge on any atom is 0.328 e. The van der Waals surface area contributed by atoms with Gasteiger partial charge >= 0.3 is 5.97 Å². The summed E-state index contributed by atoms with van der Waals surface area (Å²) >= 11 is 0. The van der Waals surface area contributed by atoms with Gasteiger partial charge in [0.25, 0.3) is 5.91 Å². The molecule has 1 unspecified atom stereocenters. The highest BCUT2D eigenvalue weighted by molar-refractivity contribution is 7.93. The molecule has 4 rings (SSSR count). The molecule has 2 aromatic carbocycles. The van der Waals surface area contributed by atoms with Crippen LogP contribution in [0.1, 0.15) is 68.2 Å². The van der Waals surface area contributed by atoms with E-state index in [4.69, 9.17) is 4.74 Å². The molecule has 0 spiro atoms. The van der Waals surface area contributed by atoms with E-state index in [1.165, 1.54) is 36.1 Å². The Morgan fingerprint density at radius 3 is 2.33 bits per heavy atom. The molecule has 1 N–H and O–H groups in total. The highest BCUT2D eigenvalue weighted by Gasteiger charge is 2.54. The lowest BCUT2D eigenvalue weighted by Gasteiger charge is -2.26. The van der Waals surface area contributed by atoms with Gasteiger partial charge in [0.1, 0.15) is 0 Å². The summed E-state index contributed by atoms with van der Waals surface area (Å²) in [7, 11) is -3.93. The minimum Gasteiger partial charge on any atom is -0.454 e. The van der Waals surface area contributed by atoms with Gasteiger partial charge in [-0.2, -0.15) is 0 Å². The maximum absolute atomic E-state index is 13.3. The summed E-state index contributed by atoms with van der Waals surface area (Å²) < 4.78 is 30.3.